The highest BCUT2D eigenvalue weighted by atomic mass is 19.4. The summed E-state index contributed by atoms with van der Waals surface area (Å²) in [7, 11) is 0. The average molecular weight is 207 g/mol. The summed E-state index contributed by atoms with van der Waals surface area (Å²) in [4.78, 5) is 22.4. The van der Waals surface area contributed by atoms with Crippen molar-refractivity contribution in [2.75, 3.05) is 6.54 Å². The van der Waals surface area contributed by atoms with Crippen molar-refractivity contribution in [3.63, 3.8) is 0 Å². The first-order valence-electron chi connectivity index (χ1n) is 4.00. The number of likely N-dealkylation sites (tertiary alicyclic amines) is 1. The number of hydrogen-bond donors (Lipinski definition) is 0. The molecule has 3 nitrogen and oxygen atoms in total. The second-order valence-electron chi connectivity index (χ2n) is 2.87. The van der Waals surface area contributed by atoms with E-state index in [2.05, 4.69) is 0 Å². The molecule has 78 valence electrons. The molecule has 1 aliphatic heterocycles. The van der Waals surface area contributed by atoms with E-state index in [1.807, 2.05) is 0 Å². The third-order valence-electron chi connectivity index (χ3n) is 1.80. The van der Waals surface area contributed by atoms with E-state index in [4.69, 9.17) is 0 Å². The number of hydrogen-bond acceptors (Lipinski definition) is 2. The van der Waals surface area contributed by atoms with Crippen molar-refractivity contribution in [2.45, 2.75) is 19.0 Å². The Kier molecular flexibility index (Phi) is 2.93. The van der Waals surface area contributed by atoms with Crippen molar-refractivity contribution in [1.29, 1.82) is 0 Å². The van der Waals surface area contributed by atoms with Crippen LogP contribution in [0.2, 0.25) is 0 Å². The van der Waals surface area contributed by atoms with Gasteiger partial charge in [-0.2, -0.15) is 13.2 Å². The van der Waals surface area contributed by atoms with Crippen LogP contribution in [-0.2, 0) is 9.59 Å². The van der Waals surface area contributed by atoms with Gasteiger partial charge in [0.15, 0.2) is 0 Å². The molecule has 1 saturated heterocycles. The zero-order valence-corrected chi connectivity index (χ0v) is 7.17. The first-order chi connectivity index (χ1) is 6.41. The highest BCUT2D eigenvalue weighted by Gasteiger charge is 2.36. The second kappa shape index (κ2) is 3.81. The van der Waals surface area contributed by atoms with Crippen molar-refractivity contribution in [3.8, 4) is 0 Å². The number of amides is 1. The van der Waals surface area contributed by atoms with Crippen LogP contribution in [0.3, 0.4) is 0 Å². The Morgan fingerprint density at radius 3 is 2.50 bits per heavy atom. The molecular formula is C8H8F3NO2. The molecule has 0 aliphatic carbocycles. The Hall–Kier alpha value is -1.33. The molecule has 0 N–H and O–H groups in total. The van der Waals surface area contributed by atoms with Crippen LogP contribution in [0.25, 0.3) is 0 Å². The van der Waals surface area contributed by atoms with Crippen molar-refractivity contribution in [3.05, 3.63) is 12.3 Å². The highest BCUT2D eigenvalue weighted by Crippen LogP contribution is 2.17. The van der Waals surface area contributed by atoms with Gasteiger partial charge in [-0.05, 0) is 6.42 Å². The number of alkyl halides is 3. The number of carbonyl (C=O) groups excluding carboxylic acids is 2. The van der Waals surface area contributed by atoms with Crippen LogP contribution in [-0.4, -0.2) is 29.3 Å². The smallest absolute Gasteiger partial charge is 0.319 e. The molecule has 1 heterocycles. The number of nitrogens with zero attached hydrogens (tertiary/aromatic N) is 1. The van der Waals surface area contributed by atoms with Gasteiger partial charge < -0.3 is 4.90 Å². The first kappa shape index (κ1) is 10.7. The quantitative estimate of drug-likeness (QED) is 0.639. The van der Waals surface area contributed by atoms with Gasteiger partial charge in [0, 0.05) is 25.2 Å². The molecule has 14 heavy (non-hydrogen) atoms. The highest BCUT2D eigenvalue weighted by molar-refractivity contribution is 5.94. The number of carbonyl (C=O) groups is 2. The number of halogens is 3. The van der Waals surface area contributed by atoms with E-state index < -0.39 is 12.0 Å². The maximum Gasteiger partial charge on any atom is 0.454 e. The summed E-state index contributed by atoms with van der Waals surface area (Å²) in [5, 5.41) is 0. The maximum absolute atomic E-state index is 11.7. The third-order valence-corrected chi connectivity index (χ3v) is 1.80. The minimum atomic E-state index is -4.86. The van der Waals surface area contributed by atoms with Crippen LogP contribution >= 0.6 is 0 Å². The molecule has 0 aromatic heterocycles. The predicted molar refractivity (Wildman–Crippen MR) is 41.1 cm³/mol. The van der Waals surface area contributed by atoms with Crippen LogP contribution in [0.1, 0.15) is 12.8 Å². The lowest BCUT2D eigenvalue weighted by atomic mass is 10.4. The minimum absolute atomic E-state index is 0.253. The van der Waals surface area contributed by atoms with Crippen LogP contribution in [0, 0.1) is 0 Å². The zero-order valence-electron chi connectivity index (χ0n) is 7.17. The maximum atomic E-state index is 11.7. The fraction of sp³-hybridized carbons (Fsp3) is 0.500. The standard InChI is InChI=1S/C8H8F3NO2/c9-8(10,11)6(13)3-5-12-4-1-2-7(12)14/h3,5H,1-2,4H2/b5-3+. The molecule has 1 rings (SSSR count). The van der Waals surface area contributed by atoms with Gasteiger partial charge in [0.2, 0.25) is 5.91 Å². The normalized spacial score (nSPS) is 18.2. The van der Waals surface area contributed by atoms with Crippen molar-refractivity contribution >= 4 is 11.7 Å². The van der Waals surface area contributed by atoms with E-state index >= 15 is 0 Å². The topological polar surface area (TPSA) is 37.4 Å². The van der Waals surface area contributed by atoms with E-state index in [9.17, 15) is 22.8 Å². The van der Waals surface area contributed by atoms with Gasteiger partial charge in [0.1, 0.15) is 0 Å². The van der Waals surface area contributed by atoms with Gasteiger partial charge in [-0.15, -0.1) is 0 Å². The lowest BCUT2D eigenvalue weighted by molar-refractivity contribution is -0.165. The molecular weight excluding hydrogens is 199 g/mol. The summed E-state index contributed by atoms with van der Waals surface area (Å²) >= 11 is 0. The van der Waals surface area contributed by atoms with E-state index in [-0.39, 0.29) is 5.91 Å². The molecule has 0 radical (unpaired) electrons. The Morgan fingerprint density at radius 1 is 1.43 bits per heavy atom. The van der Waals surface area contributed by atoms with Crippen molar-refractivity contribution < 1.29 is 22.8 Å². The molecule has 0 atom stereocenters. The van der Waals surface area contributed by atoms with Crippen LogP contribution in [0.4, 0.5) is 13.2 Å². The fourth-order valence-electron chi connectivity index (χ4n) is 1.08. The summed E-state index contributed by atoms with van der Waals surface area (Å²) in [6, 6.07) is 0. The molecule has 0 saturated carbocycles. The molecule has 0 aromatic carbocycles. The van der Waals surface area contributed by atoms with Crippen LogP contribution in [0.5, 0.6) is 0 Å². The summed E-state index contributed by atoms with van der Waals surface area (Å²) in [6.45, 7) is 0.375. The van der Waals surface area contributed by atoms with Gasteiger partial charge in [-0.3, -0.25) is 9.59 Å². The first-order valence-corrected chi connectivity index (χ1v) is 4.00. The molecule has 1 fully saturated rings. The van der Waals surface area contributed by atoms with Gasteiger partial charge >= 0.3 is 6.18 Å². The Balaban J connectivity index is 2.55. The monoisotopic (exact) mass is 207 g/mol. The lowest BCUT2D eigenvalue weighted by Gasteiger charge is -2.08. The predicted octanol–water partition coefficient (Wildman–Crippen LogP) is 1.25. The van der Waals surface area contributed by atoms with Crippen molar-refractivity contribution in [2.24, 2.45) is 0 Å². The Morgan fingerprint density at radius 2 is 2.07 bits per heavy atom. The van der Waals surface area contributed by atoms with Gasteiger partial charge in [0.05, 0.1) is 0 Å². The molecule has 1 amide bonds. The van der Waals surface area contributed by atoms with Gasteiger partial charge in [-0.1, -0.05) is 0 Å². The summed E-state index contributed by atoms with van der Waals surface area (Å²) in [5.74, 6) is -2.20. The summed E-state index contributed by atoms with van der Waals surface area (Å²) in [5.41, 5.74) is 0. The molecule has 0 bridgehead atoms. The molecule has 6 heteroatoms. The average Bonchev–Trinajstić information content (AvgIpc) is 2.45. The number of ketones is 1. The molecule has 0 unspecified atom stereocenters. The SMILES string of the molecule is O=C1CCCN1/C=C/C(=O)C(F)(F)F. The molecule has 0 aromatic rings. The second-order valence-corrected chi connectivity index (χ2v) is 2.87. The van der Waals surface area contributed by atoms with E-state index in [1.165, 1.54) is 0 Å². The zero-order chi connectivity index (χ0) is 10.8. The fourth-order valence-corrected chi connectivity index (χ4v) is 1.08. The Bertz CT molecular complexity index is 283. The van der Waals surface area contributed by atoms with Crippen LogP contribution in [0.15, 0.2) is 12.3 Å². The van der Waals surface area contributed by atoms with Crippen LogP contribution < -0.4 is 0 Å². The van der Waals surface area contributed by atoms with E-state index in [1.54, 1.807) is 0 Å². The molecule has 1 aliphatic rings. The van der Waals surface area contributed by atoms with E-state index in [0.29, 0.717) is 25.5 Å². The largest absolute Gasteiger partial charge is 0.454 e. The van der Waals surface area contributed by atoms with Gasteiger partial charge in [0.25, 0.3) is 5.78 Å². The van der Waals surface area contributed by atoms with Crippen molar-refractivity contribution in [1.82, 2.24) is 4.90 Å². The summed E-state index contributed by atoms with van der Waals surface area (Å²) < 4.78 is 35.1. The van der Waals surface area contributed by atoms with E-state index in [0.717, 1.165) is 11.1 Å². The minimum Gasteiger partial charge on any atom is -0.319 e. The molecule has 0 spiro atoms. The Labute approximate surface area is 78.2 Å². The summed E-state index contributed by atoms with van der Waals surface area (Å²) in [6.07, 6.45) is -2.65. The lowest BCUT2D eigenvalue weighted by Crippen LogP contribution is -2.23. The third kappa shape index (κ3) is 2.58. The van der Waals surface area contributed by atoms with Gasteiger partial charge in [-0.25, -0.2) is 0 Å². The number of allylic oxidation sites excluding steroid dienone is 1. The number of rotatable bonds is 2.